The molecule has 3 heteroatoms. The summed E-state index contributed by atoms with van der Waals surface area (Å²) in [7, 11) is 0. The third-order valence-electron chi connectivity index (χ3n) is 3.90. The Bertz CT molecular complexity index is 881. The van der Waals surface area contributed by atoms with Gasteiger partial charge in [-0.3, -0.25) is 4.98 Å². The highest BCUT2D eigenvalue weighted by molar-refractivity contribution is 6.33. The molecule has 0 bridgehead atoms. The van der Waals surface area contributed by atoms with Crippen molar-refractivity contribution in [1.82, 2.24) is 4.98 Å². The monoisotopic (exact) mass is 338 g/mol. The van der Waals surface area contributed by atoms with E-state index < -0.39 is 5.82 Å². The van der Waals surface area contributed by atoms with E-state index in [2.05, 4.69) is 37.9 Å². The number of rotatable bonds is 2. The van der Waals surface area contributed by atoms with E-state index in [-0.39, 0.29) is 5.41 Å². The summed E-state index contributed by atoms with van der Waals surface area (Å²) in [6, 6.07) is 17.4. The first-order chi connectivity index (χ1) is 11.3. The van der Waals surface area contributed by atoms with Crippen LogP contribution in [-0.2, 0) is 5.41 Å². The minimum Gasteiger partial charge on any atom is -0.261 e. The molecule has 0 fully saturated rings. The molecule has 0 saturated carbocycles. The fraction of sp³-hybridized carbons (Fsp3) is 0.190. The van der Waals surface area contributed by atoms with Gasteiger partial charge in [0.2, 0.25) is 0 Å². The highest BCUT2D eigenvalue weighted by Crippen LogP contribution is 2.32. The van der Waals surface area contributed by atoms with E-state index in [1.54, 1.807) is 0 Å². The summed E-state index contributed by atoms with van der Waals surface area (Å²) in [5.41, 5.74) is 4.68. The molecule has 0 aliphatic rings. The molecule has 0 aliphatic carbocycles. The number of aromatic nitrogens is 1. The van der Waals surface area contributed by atoms with E-state index in [4.69, 9.17) is 11.6 Å². The van der Waals surface area contributed by atoms with Crippen LogP contribution in [0.15, 0.2) is 54.7 Å². The minimum atomic E-state index is -0.418. The van der Waals surface area contributed by atoms with Crippen LogP contribution in [0.2, 0.25) is 5.02 Å². The molecular formula is C21H18ClFN. The average molecular weight is 339 g/mol. The van der Waals surface area contributed by atoms with Gasteiger partial charge in [-0.25, -0.2) is 4.39 Å². The SMILES string of the molecule is CC(C)(C)c1cc(-c2cccc(-c3cc(F)[c]cc3Cl)c2)ccn1. The van der Waals surface area contributed by atoms with Crippen LogP contribution in [0.3, 0.4) is 0 Å². The highest BCUT2D eigenvalue weighted by atomic mass is 35.5. The van der Waals surface area contributed by atoms with E-state index in [1.807, 2.05) is 36.5 Å². The van der Waals surface area contributed by atoms with E-state index in [0.717, 1.165) is 22.4 Å². The van der Waals surface area contributed by atoms with Crippen LogP contribution in [0.1, 0.15) is 26.5 Å². The van der Waals surface area contributed by atoms with Gasteiger partial charge in [-0.2, -0.15) is 0 Å². The van der Waals surface area contributed by atoms with Gasteiger partial charge in [-0.05, 0) is 47.0 Å². The van der Waals surface area contributed by atoms with Crippen LogP contribution in [0.25, 0.3) is 22.3 Å². The molecule has 121 valence electrons. The summed E-state index contributed by atoms with van der Waals surface area (Å²) in [5, 5.41) is 0.485. The van der Waals surface area contributed by atoms with Gasteiger partial charge in [0.25, 0.3) is 0 Å². The van der Waals surface area contributed by atoms with Crippen LogP contribution in [-0.4, -0.2) is 4.98 Å². The average Bonchev–Trinajstić information content (AvgIpc) is 2.56. The van der Waals surface area contributed by atoms with Crippen molar-refractivity contribution in [2.75, 3.05) is 0 Å². The first-order valence-corrected chi connectivity index (χ1v) is 8.16. The van der Waals surface area contributed by atoms with Crippen LogP contribution in [0.5, 0.6) is 0 Å². The predicted octanol–water partition coefficient (Wildman–Crippen LogP) is 6.31. The third kappa shape index (κ3) is 3.49. The fourth-order valence-electron chi connectivity index (χ4n) is 2.56. The van der Waals surface area contributed by atoms with Gasteiger partial charge in [-0.15, -0.1) is 0 Å². The lowest BCUT2D eigenvalue weighted by molar-refractivity contribution is 0.569. The number of hydrogen-bond acceptors (Lipinski definition) is 1. The first kappa shape index (κ1) is 16.7. The molecule has 1 heterocycles. The molecule has 3 rings (SSSR count). The van der Waals surface area contributed by atoms with Gasteiger partial charge < -0.3 is 0 Å². The largest absolute Gasteiger partial charge is 0.261 e. The smallest absolute Gasteiger partial charge is 0.131 e. The summed E-state index contributed by atoms with van der Waals surface area (Å²) in [5.74, 6) is -0.418. The topological polar surface area (TPSA) is 12.9 Å². The maximum atomic E-state index is 13.5. The molecule has 0 atom stereocenters. The van der Waals surface area contributed by atoms with Crippen LogP contribution < -0.4 is 0 Å². The molecule has 0 aliphatic heterocycles. The quantitative estimate of drug-likeness (QED) is 0.534. The molecule has 2 aromatic carbocycles. The molecule has 0 N–H and O–H groups in total. The summed E-state index contributed by atoms with van der Waals surface area (Å²) >= 11 is 6.21. The normalized spacial score (nSPS) is 11.5. The van der Waals surface area contributed by atoms with Crippen molar-refractivity contribution in [2.45, 2.75) is 26.2 Å². The van der Waals surface area contributed by atoms with E-state index >= 15 is 0 Å². The number of pyridine rings is 1. The summed E-state index contributed by atoms with van der Waals surface area (Å²) in [6.07, 6.45) is 1.83. The Morgan fingerprint density at radius 2 is 1.71 bits per heavy atom. The molecule has 0 amide bonds. The molecule has 1 radical (unpaired) electrons. The fourth-order valence-corrected chi connectivity index (χ4v) is 2.77. The zero-order valence-corrected chi connectivity index (χ0v) is 14.7. The van der Waals surface area contributed by atoms with Gasteiger partial charge in [0.05, 0.1) is 0 Å². The molecule has 1 aromatic heterocycles. The van der Waals surface area contributed by atoms with Crippen LogP contribution in [0, 0.1) is 11.9 Å². The number of halogens is 2. The Kier molecular flexibility index (Phi) is 4.42. The Balaban J connectivity index is 2.07. The molecule has 0 saturated heterocycles. The number of benzene rings is 2. The maximum absolute atomic E-state index is 13.5. The molecule has 24 heavy (non-hydrogen) atoms. The lowest BCUT2D eigenvalue weighted by Crippen LogP contribution is -2.13. The van der Waals surface area contributed by atoms with Crippen LogP contribution in [0.4, 0.5) is 4.39 Å². The second-order valence-corrected chi connectivity index (χ2v) is 7.21. The zero-order valence-electron chi connectivity index (χ0n) is 13.9. The van der Waals surface area contributed by atoms with Crippen molar-refractivity contribution in [1.29, 1.82) is 0 Å². The van der Waals surface area contributed by atoms with Crippen LogP contribution >= 0.6 is 11.6 Å². The van der Waals surface area contributed by atoms with Crippen molar-refractivity contribution in [3.63, 3.8) is 0 Å². The van der Waals surface area contributed by atoms with Crippen molar-refractivity contribution in [3.05, 3.63) is 77.3 Å². The maximum Gasteiger partial charge on any atom is 0.131 e. The molecule has 3 aromatic rings. The van der Waals surface area contributed by atoms with Gasteiger partial charge >= 0.3 is 0 Å². The predicted molar refractivity (Wildman–Crippen MR) is 97.6 cm³/mol. The Labute approximate surface area is 147 Å². The van der Waals surface area contributed by atoms with Crippen molar-refractivity contribution < 1.29 is 4.39 Å². The Hall–Kier alpha value is -2.19. The van der Waals surface area contributed by atoms with E-state index in [0.29, 0.717) is 10.6 Å². The zero-order chi connectivity index (χ0) is 17.3. The highest BCUT2D eigenvalue weighted by Gasteiger charge is 2.16. The third-order valence-corrected chi connectivity index (χ3v) is 4.21. The summed E-state index contributed by atoms with van der Waals surface area (Å²) in [4.78, 5) is 4.47. The second kappa shape index (κ2) is 6.37. The molecule has 0 unspecified atom stereocenters. The molecular weight excluding hydrogens is 321 g/mol. The molecule has 0 spiro atoms. The standard InChI is InChI=1S/C21H18ClFN/c1-21(2,3)20-12-15(9-10-24-20)14-5-4-6-16(11-14)18-13-17(23)7-8-19(18)22/h4-6,8-13H,1-3H3. The Morgan fingerprint density at radius 3 is 2.46 bits per heavy atom. The van der Waals surface area contributed by atoms with Gasteiger partial charge in [-0.1, -0.05) is 50.6 Å². The second-order valence-electron chi connectivity index (χ2n) is 6.80. The molecule has 1 nitrogen and oxygen atoms in total. The van der Waals surface area contributed by atoms with Crippen molar-refractivity contribution >= 4 is 11.6 Å². The Morgan fingerprint density at radius 1 is 1.00 bits per heavy atom. The van der Waals surface area contributed by atoms with Gasteiger partial charge in [0.1, 0.15) is 5.82 Å². The van der Waals surface area contributed by atoms with Gasteiger partial charge in [0, 0.05) is 34.0 Å². The van der Waals surface area contributed by atoms with Crippen molar-refractivity contribution in [2.24, 2.45) is 0 Å². The summed E-state index contributed by atoms with van der Waals surface area (Å²) < 4.78 is 13.5. The number of nitrogens with zero attached hydrogens (tertiary/aromatic N) is 1. The van der Waals surface area contributed by atoms with Gasteiger partial charge in [0.15, 0.2) is 0 Å². The van der Waals surface area contributed by atoms with Crippen molar-refractivity contribution in [3.8, 4) is 22.3 Å². The lowest BCUT2D eigenvalue weighted by atomic mass is 9.89. The first-order valence-electron chi connectivity index (χ1n) is 7.79. The summed E-state index contributed by atoms with van der Waals surface area (Å²) in [6.45, 7) is 6.41. The lowest BCUT2D eigenvalue weighted by Gasteiger charge is -2.18. The number of hydrogen-bond donors (Lipinski definition) is 0. The van der Waals surface area contributed by atoms with E-state index in [1.165, 1.54) is 12.1 Å². The van der Waals surface area contributed by atoms with E-state index in [9.17, 15) is 4.39 Å². The minimum absolute atomic E-state index is 0.0185.